The maximum Gasteiger partial charge on any atom is 0.357 e. The number of sulfonamides is 1. The second kappa shape index (κ2) is 7.75. The van der Waals surface area contributed by atoms with Crippen molar-refractivity contribution in [3.8, 4) is 0 Å². The van der Waals surface area contributed by atoms with E-state index < -0.39 is 28.0 Å². The van der Waals surface area contributed by atoms with Gasteiger partial charge in [0.05, 0.1) is 10.4 Å². The van der Waals surface area contributed by atoms with Crippen LogP contribution in [0.4, 0.5) is 5.69 Å². The van der Waals surface area contributed by atoms with Crippen LogP contribution >= 0.6 is 0 Å². The summed E-state index contributed by atoms with van der Waals surface area (Å²) in [5, 5.41) is 8.44. The topological polar surface area (TPSA) is 128 Å². The minimum Gasteiger partial charge on any atom is -0.448 e. The van der Waals surface area contributed by atoms with Crippen LogP contribution in [-0.4, -0.2) is 31.4 Å². The highest BCUT2D eigenvalue weighted by molar-refractivity contribution is 7.89. The number of benzene rings is 2. The van der Waals surface area contributed by atoms with Crippen molar-refractivity contribution in [1.82, 2.24) is 4.98 Å². The lowest BCUT2D eigenvalue weighted by Crippen LogP contribution is -2.30. The molecule has 0 radical (unpaired) electrons. The van der Waals surface area contributed by atoms with E-state index >= 15 is 0 Å². The molecule has 0 bridgehead atoms. The van der Waals surface area contributed by atoms with Crippen molar-refractivity contribution >= 4 is 38.5 Å². The molecule has 144 valence electrons. The quantitative estimate of drug-likeness (QED) is 0.632. The van der Waals surface area contributed by atoms with Gasteiger partial charge >= 0.3 is 5.97 Å². The number of ether oxygens (including phenoxy) is 1. The lowest BCUT2D eigenvalue weighted by atomic mass is 10.2. The minimum absolute atomic E-state index is 0.0765. The van der Waals surface area contributed by atoms with E-state index in [1.54, 1.807) is 12.1 Å². The average Bonchev–Trinajstić information content (AvgIpc) is 2.67. The first-order chi connectivity index (χ1) is 13.2. The first kappa shape index (κ1) is 19.5. The molecule has 3 rings (SSSR count). The number of nitrogens with two attached hydrogens (primary N) is 1. The van der Waals surface area contributed by atoms with Gasteiger partial charge in [-0.25, -0.2) is 23.3 Å². The number of fused-ring (bicyclic) bond motifs is 1. The predicted molar refractivity (Wildman–Crippen MR) is 103 cm³/mol. The Morgan fingerprint density at radius 2 is 1.71 bits per heavy atom. The van der Waals surface area contributed by atoms with E-state index in [0.717, 1.165) is 5.39 Å². The number of carbonyl (C=O) groups is 2. The normalized spacial score (nSPS) is 12.4. The van der Waals surface area contributed by atoms with E-state index in [2.05, 4.69) is 10.3 Å². The van der Waals surface area contributed by atoms with Gasteiger partial charge in [0.1, 0.15) is 5.69 Å². The maximum absolute atomic E-state index is 12.3. The van der Waals surface area contributed by atoms with E-state index in [1.807, 2.05) is 18.2 Å². The molecule has 28 heavy (non-hydrogen) atoms. The van der Waals surface area contributed by atoms with Gasteiger partial charge in [0.2, 0.25) is 10.0 Å². The van der Waals surface area contributed by atoms with E-state index in [9.17, 15) is 18.0 Å². The number of amides is 1. The summed E-state index contributed by atoms with van der Waals surface area (Å²) < 4.78 is 27.6. The Morgan fingerprint density at radius 3 is 2.39 bits per heavy atom. The fourth-order valence-electron chi connectivity index (χ4n) is 2.43. The monoisotopic (exact) mass is 399 g/mol. The molecule has 0 unspecified atom stereocenters. The molecule has 0 spiro atoms. The third-order valence-corrected chi connectivity index (χ3v) is 4.84. The first-order valence-corrected chi connectivity index (χ1v) is 9.79. The van der Waals surface area contributed by atoms with Crippen molar-refractivity contribution in [3.05, 3.63) is 66.4 Å². The average molecular weight is 399 g/mol. The summed E-state index contributed by atoms with van der Waals surface area (Å²) in [6, 6.07) is 15.9. The highest BCUT2D eigenvalue weighted by atomic mass is 32.2. The molecule has 0 fully saturated rings. The zero-order valence-electron chi connectivity index (χ0n) is 14.8. The second-order valence-electron chi connectivity index (χ2n) is 6.00. The van der Waals surface area contributed by atoms with Crippen LogP contribution in [-0.2, 0) is 19.6 Å². The highest BCUT2D eigenvalue weighted by Gasteiger charge is 2.20. The van der Waals surface area contributed by atoms with Crippen molar-refractivity contribution in [3.63, 3.8) is 0 Å². The number of pyridine rings is 1. The van der Waals surface area contributed by atoms with Gasteiger partial charge in [-0.05, 0) is 43.3 Å². The molecule has 1 heterocycles. The van der Waals surface area contributed by atoms with E-state index in [4.69, 9.17) is 9.88 Å². The minimum atomic E-state index is -3.82. The summed E-state index contributed by atoms with van der Waals surface area (Å²) in [5.74, 6) is -1.30. The van der Waals surface area contributed by atoms with Crippen molar-refractivity contribution in [2.24, 2.45) is 5.14 Å². The highest BCUT2D eigenvalue weighted by Crippen LogP contribution is 2.15. The van der Waals surface area contributed by atoms with Gasteiger partial charge in [0, 0.05) is 11.1 Å². The molecular formula is C19H17N3O5S. The molecule has 0 aliphatic carbocycles. The molecule has 3 aromatic rings. The second-order valence-corrected chi connectivity index (χ2v) is 7.56. The molecule has 9 heteroatoms. The number of para-hydroxylation sites is 1. The maximum atomic E-state index is 12.3. The Hall–Kier alpha value is -3.30. The number of rotatable bonds is 5. The smallest absolute Gasteiger partial charge is 0.357 e. The molecule has 0 saturated carbocycles. The Labute approximate surface area is 161 Å². The molecule has 0 saturated heterocycles. The standard InChI is InChI=1S/C19H17N3O5S/c1-12(18(23)21-14-7-9-15(10-8-14)28(20,25)26)27-19(24)17-11-6-13-4-2-3-5-16(13)22-17/h2-12H,1H3,(H,21,23)(H2,20,25,26)/t12-/m1/s1. The molecule has 1 amide bonds. The fourth-order valence-corrected chi connectivity index (χ4v) is 2.94. The van der Waals surface area contributed by atoms with Crippen LogP contribution in [0.2, 0.25) is 0 Å². The van der Waals surface area contributed by atoms with Gasteiger partial charge in [-0.3, -0.25) is 4.79 Å². The van der Waals surface area contributed by atoms with Crippen LogP contribution in [0.3, 0.4) is 0 Å². The Bertz CT molecular complexity index is 1140. The number of anilines is 1. The van der Waals surface area contributed by atoms with Crippen LogP contribution in [0.25, 0.3) is 10.9 Å². The van der Waals surface area contributed by atoms with Gasteiger partial charge in [-0.2, -0.15) is 0 Å². The summed E-state index contributed by atoms with van der Waals surface area (Å²) in [5.41, 5.74) is 1.07. The molecule has 2 aromatic carbocycles. The molecule has 3 N–H and O–H groups in total. The van der Waals surface area contributed by atoms with Crippen LogP contribution in [0.15, 0.2) is 65.6 Å². The first-order valence-electron chi connectivity index (χ1n) is 8.24. The van der Waals surface area contributed by atoms with E-state index in [0.29, 0.717) is 11.2 Å². The number of nitrogens with one attached hydrogen (secondary N) is 1. The van der Waals surface area contributed by atoms with Gasteiger partial charge in [0.15, 0.2) is 6.10 Å². The SMILES string of the molecule is C[C@@H](OC(=O)c1ccc2ccccc2n1)C(=O)Nc1ccc(S(N)(=O)=O)cc1. The van der Waals surface area contributed by atoms with Crippen LogP contribution < -0.4 is 10.5 Å². The van der Waals surface area contributed by atoms with Gasteiger partial charge in [-0.1, -0.05) is 24.3 Å². The molecule has 1 aromatic heterocycles. The Morgan fingerprint density at radius 1 is 1.04 bits per heavy atom. The number of hydrogen-bond acceptors (Lipinski definition) is 6. The zero-order chi connectivity index (χ0) is 20.3. The molecule has 0 aliphatic rings. The van der Waals surface area contributed by atoms with Crippen molar-refractivity contribution in [1.29, 1.82) is 0 Å². The van der Waals surface area contributed by atoms with Gasteiger partial charge in [0.25, 0.3) is 5.91 Å². The number of carbonyl (C=O) groups excluding carboxylic acids is 2. The van der Waals surface area contributed by atoms with Crippen molar-refractivity contribution in [2.75, 3.05) is 5.32 Å². The van der Waals surface area contributed by atoms with Gasteiger partial charge < -0.3 is 10.1 Å². The van der Waals surface area contributed by atoms with Crippen LogP contribution in [0.1, 0.15) is 17.4 Å². The van der Waals surface area contributed by atoms with Crippen molar-refractivity contribution < 1.29 is 22.7 Å². The van der Waals surface area contributed by atoms with E-state index in [-0.39, 0.29) is 10.6 Å². The number of hydrogen-bond donors (Lipinski definition) is 2. The van der Waals surface area contributed by atoms with Crippen molar-refractivity contribution in [2.45, 2.75) is 17.9 Å². The molecular weight excluding hydrogens is 382 g/mol. The Kier molecular flexibility index (Phi) is 5.39. The molecule has 0 aliphatic heterocycles. The van der Waals surface area contributed by atoms with E-state index in [1.165, 1.54) is 37.3 Å². The fraction of sp³-hybridized carbons (Fsp3) is 0.105. The number of primary sulfonamides is 1. The molecule has 8 nitrogen and oxygen atoms in total. The number of nitrogens with zero attached hydrogens (tertiary/aromatic N) is 1. The van der Waals surface area contributed by atoms with Gasteiger partial charge in [-0.15, -0.1) is 0 Å². The lowest BCUT2D eigenvalue weighted by Gasteiger charge is -2.13. The zero-order valence-corrected chi connectivity index (χ0v) is 15.6. The van der Waals surface area contributed by atoms with Crippen LogP contribution in [0, 0.1) is 0 Å². The predicted octanol–water partition coefficient (Wildman–Crippen LogP) is 2.07. The summed E-state index contributed by atoms with van der Waals surface area (Å²) in [4.78, 5) is 28.6. The molecule has 1 atom stereocenters. The third kappa shape index (κ3) is 4.51. The number of aromatic nitrogens is 1. The summed E-state index contributed by atoms with van der Waals surface area (Å²) in [7, 11) is -3.82. The number of esters is 1. The summed E-state index contributed by atoms with van der Waals surface area (Å²) in [6.45, 7) is 1.42. The Balaban J connectivity index is 1.65. The van der Waals surface area contributed by atoms with Crippen LogP contribution in [0.5, 0.6) is 0 Å². The lowest BCUT2D eigenvalue weighted by molar-refractivity contribution is -0.123. The summed E-state index contributed by atoms with van der Waals surface area (Å²) >= 11 is 0. The third-order valence-electron chi connectivity index (χ3n) is 3.91. The summed E-state index contributed by atoms with van der Waals surface area (Å²) in [6.07, 6.45) is -1.08. The largest absolute Gasteiger partial charge is 0.448 e.